The highest BCUT2D eigenvalue weighted by Gasteiger charge is 2.28. The number of hydrogen-bond donors (Lipinski definition) is 1. The standard InChI is InChI=1S/C16H17NO4/c1-11(10-15(18)19)9-13-8-7-12-5-3-4-6-14(12)17(13)16(20)21-2/h3-8,10,13H,9H2,1-2H3,(H,18,19)/b11-10+. The number of fused-ring (bicyclic) bond motifs is 1. The molecule has 0 bridgehead atoms. The Kier molecular flexibility index (Phi) is 4.42. The van der Waals surface area contributed by atoms with Gasteiger partial charge in [0.15, 0.2) is 0 Å². The highest BCUT2D eigenvalue weighted by atomic mass is 16.5. The molecule has 1 aliphatic rings. The van der Waals surface area contributed by atoms with Crippen molar-refractivity contribution in [1.82, 2.24) is 0 Å². The molecular weight excluding hydrogens is 270 g/mol. The molecule has 2 rings (SSSR count). The molecule has 21 heavy (non-hydrogen) atoms. The highest BCUT2D eigenvalue weighted by Crippen LogP contribution is 2.31. The smallest absolute Gasteiger partial charge is 0.414 e. The van der Waals surface area contributed by atoms with Gasteiger partial charge in [0.05, 0.1) is 18.8 Å². The van der Waals surface area contributed by atoms with E-state index >= 15 is 0 Å². The molecule has 1 unspecified atom stereocenters. The number of carboxylic acids is 1. The molecule has 1 aromatic carbocycles. The van der Waals surface area contributed by atoms with Gasteiger partial charge in [0.2, 0.25) is 0 Å². The zero-order valence-electron chi connectivity index (χ0n) is 11.9. The van der Waals surface area contributed by atoms with Gasteiger partial charge in [-0.05, 0) is 25.0 Å². The van der Waals surface area contributed by atoms with Crippen molar-refractivity contribution in [2.75, 3.05) is 12.0 Å². The monoisotopic (exact) mass is 287 g/mol. The predicted molar refractivity (Wildman–Crippen MR) is 80.2 cm³/mol. The van der Waals surface area contributed by atoms with Crippen LogP contribution < -0.4 is 4.90 Å². The van der Waals surface area contributed by atoms with Crippen LogP contribution in [0, 0.1) is 0 Å². The number of carboxylic acid groups (broad SMARTS) is 1. The Morgan fingerprint density at radius 1 is 1.38 bits per heavy atom. The van der Waals surface area contributed by atoms with Crippen LogP contribution in [-0.2, 0) is 9.53 Å². The Balaban J connectivity index is 2.34. The first-order chi connectivity index (χ1) is 10.0. The Labute approximate surface area is 123 Å². The van der Waals surface area contributed by atoms with Crippen LogP contribution in [0.2, 0.25) is 0 Å². The molecule has 1 aliphatic heterocycles. The summed E-state index contributed by atoms with van der Waals surface area (Å²) in [5.41, 5.74) is 2.38. The number of aliphatic carboxylic acids is 1. The van der Waals surface area contributed by atoms with Crippen LogP contribution in [0.1, 0.15) is 18.9 Å². The van der Waals surface area contributed by atoms with E-state index < -0.39 is 12.1 Å². The van der Waals surface area contributed by atoms with E-state index in [1.54, 1.807) is 11.8 Å². The highest BCUT2D eigenvalue weighted by molar-refractivity contribution is 5.93. The van der Waals surface area contributed by atoms with Crippen molar-refractivity contribution in [2.45, 2.75) is 19.4 Å². The van der Waals surface area contributed by atoms with Crippen molar-refractivity contribution in [3.8, 4) is 0 Å². The molecular formula is C16H17NO4. The fourth-order valence-electron chi connectivity index (χ4n) is 2.42. The van der Waals surface area contributed by atoms with Gasteiger partial charge in [-0.1, -0.05) is 35.9 Å². The first kappa shape index (κ1) is 14.8. The molecule has 110 valence electrons. The lowest BCUT2D eigenvalue weighted by molar-refractivity contribution is -0.131. The van der Waals surface area contributed by atoms with Crippen LogP contribution in [-0.4, -0.2) is 30.3 Å². The molecule has 0 aliphatic carbocycles. The van der Waals surface area contributed by atoms with Crippen molar-refractivity contribution >= 4 is 23.8 Å². The summed E-state index contributed by atoms with van der Waals surface area (Å²) in [6, 6.07) is 7.25. The third-order valence-electron chi connectivity index (χ3n) is 3.30. The van der Waals surface area contributed by atoms with E-state index in [0.29, 0.717) is 12.0 Å². The number of benzene rings is 1. The quantitative estimate of drug-likeness (QED) is 0.868. The van der Waals surface area contributed by atoms with Crippen LogP contribution in [0.15, 0.2) is 42.0 Å². The number of ether oxygens (including phenoxy) is 1. The second-order valence-electron chi connectivity index (χ2n) is 4.86. The maximum Gasteiger partial charge on any atom is 0.414 e. The normalized spacial score (nSPS) is 17.3. The Hall–Kier alpha value is -2.56. The van der Waals surface area contributed by atoms with E-state index in [4.69, 9.17) is 9.84 Å². The lowest BCUT2D eigenvalue weighted by atomic mass is 9.98. The number of anilines is 1. The molecule has 5 nitrogen and oxygen atoms in total. The SMILES string of the molecule is COC(=O)N1c2ccccc2C=CC1C/C(C)=C/C(=O)O. The van der Waals surface area contributed by atoms with Crippen molar-refractivity contribution in [1.29, 1.82) is 0 Å². The van der Waals surface area contributed by atoms with Gasteiger partial charge in [0.1, 0.15) is 0 Å². The first-order valence-corrected chi connectivity index (χ1v) is 6.57. The topological polar surface area (TPSA) is 66.8 Å². The van der Waals surface area contributed by atoms with Gasteiger partial charge in [-0.2, -0.15) is 0 Å². The molecule has 0 aromatic heterocycles. The molecule has 0 radical (unpaired) electrons. The minimum atomic E-state index is -0.989. The second kappa shape index (κ2) is 6.26. The minimum Gasteiger partial charge on any atom is -0.478 e. The summed E-state index contributed by atoms with van der Waals surface area (Å²) in [5, 5.41) is 8.79. The van der Waals surface area contributed by atoms with Crippen molar-refractivity contribution < 1.29 is 19.4 Å². The van der Waals surface area contributed by atoms with Crippen LogP contribution in [0.4, 0.5) is 10.5 Å². The average molecular weight is 287 g/mol. The van der Waals surface area contributed by atoms with Crippen molar-refractivity contribution in [2.24, 2.45) is 0 Å². The number of rotatable bonds is 3. The Bertz CT molecular complexity index is 618. The number of methoxy groups -OCH3 is 1. The van der Waals surface area contributed by atoms with Gasteiger partial charge in [-0.15, -0.1) is 0 Å². The van der Waals surface area contributed by atoms with Gasteiger partial charge in [-0.25, -0.2) is 9.59 Å². The van der Waals surface area contributed by atoms with Crippen molar-refractivity contribution in [3.05, 3.63) is 47.6 Å². The maximum absolute atomic E-state index is 12.1. The van der Waals surface area contributed by atoms with Crippen molar-refractivity contribution in [3.63, 3.8) is 0 Å². The van der Waals surface area contributed by atoms with Gasteiger partial charge >= 0.3 is 12.1 Å². The van der Waals surface area contributed by atoms with E-state index in [1.807, 2.05) is 36.4 Å². The maximum atomic E-state index is 12.1. The van der Waals surface area contributed by atoms with Gasteiger partial charge in [0, 0.05) is 6.08 Å². The zero-order valence-corrected chi connectivity index (χ0v) is 11.9. The molecule has 1 N–H and O–H groups in total. The summed E-state index contributed by atoms with van der Waals surface area (Å²) in [6.07, 6.45) is 4.96. The predicted octanol–water partition coefficient (Wildman–Crippen LogP) is 3.08. The zero-order chi connectivity index (χ0) is 15.4. The number of nitrogens with zero attached hydrogens (tertiary/aromatic N) is 1. The van der Waals surface area contributed by atoms with Crippen LogP contribution in [0.3, 0.4) is 0 Å². The van der Waals surface area contributed by atoms with E-state index in [2.05, 4.69) is 0 Å². The van der Waals surface area contributed by atoms with Gasteiger partial charge < -0.3 is 9.84 Å². The number of amides is 1. The molecule has 1 amide bonds. The summed E-state index contributed by atoms with van der Waals surface area (Å²) in [6.45, 7) is 1.73. The molecule has 0 saturated heterocycles. The summed E-state index contributed by atoms with van der Waals surface area (Å²) >= 11 is 0. The lowest BCUT2D eigenvalue weighted by Crippen LogP contribution is -2.41. The number of hydrogen-bond acceptors (Lipinski definition) is 3. The fraction of sp³-hybridized carbons (Fsp3) is 0.250. The molecule has 0 saturated carbocycles. The number of carbonyl (C=O) groups excluding carboxylic acids is 1. The summed E-state index contributed by atoms with van der Waals surface area (Å²) in [4.78, 5) is 24.3. The second-order valence-corrected chi connectivity index (χ2v) is 4.86. The summed E-state index contributed by atoms with van der Waals surface area (Å²) in [5.74, 6) is -0.989. The lowest BCUT2D eigenvalue weighted by Gasteiger charge is -2.32. The number of carbonyl (C=O) groups is 2. The molecule has 1 atom stereocenters. The van der Waals surface area contributed by atoms with Gasteiger partial charge in [0.25, 0.3) is 0 Å². The minimum absolute atomic E-state index is 0.261. The Morgan fingerprint density at radius 2 is 2.10 bits per heavy atom. The number of para-hydroxylation sites is 1. The summed E-state index contributed by atoms with van der Waals surface area (Å²) in [7, 11) is 1.33. The van der Waals surface area contributed by atoms with E-state index in [0.717, 1.165) is 17.3 Å². The largest absolute Gasteiger partial charge is 0.478 e. The molecule has 0 fully saturated rings. The first-order valence-electron chi connectivity index (χ1n) is 6.57. The van der Waals surface area contributed by atoms with E-state index in [9.17, 15) is 9.59 Å². The third-order valence-corrected chi connectivity index (χ3v) is 3.30. The summed E-state index contributed by atoms with van der Waals surface area (Å²) < 4.78 is 4.86. The molecule has 5 heteroatoms. The van der Waals surface area contributed by atoms with Crippen LogP contribution >= 0.6 is 0 Å². The third kappa shape index (κ3) is 3.31. The molecule has 1 heterocycles. The fourth-order valence-corrected chi connectivity index (χ4v) is 2.42. The van der Waals surface area contributed by atoms with E-state index in [-0.39, 0.29) is 6.04 Å². The molecule has 0 spiro atoms. The van der Waals surface area contributed by atoms with Gasteiger partial charge in [-0.3, -0.25) is 4.90 Å². The molecule has 1 aromatic rings. The van der Waals surface area contributed by atoms with E-state index in [1.165, 1.54) is 7.11 Å². The Morgan fingerprint density at radius 3 is 2.76 bits per heavy atom. The average Bonchev–Trinajstić information content (AvgIpc) is 2.45. The van der Waals surface area contributed by atoms with Crippen LogP contribution in [0.5, 0.6) is 0 Å². The van der Waals surface area contributed by atoms with Crippen LogP contribution in [0.25, 0.3) is 6.08 Å².